The van der Waals surface area contributed by atoms with Gasteiger partial charge in [-0.15, -0.1) is 0 Å². The summed E-state index contributed by atoms with van der Waals surface area (Å²) in [6, 6.07) is 9.27. The molecule has 2 aliphatic rings. The fourth-order valence-corrected chi connectivity index (χ4v) is 4.02. The van der Waals surface area contributed by atoms with Crippen LogP contribution in [0.5, 0.6) is 0 Å². The Hall–Kier alpha value is -2.34. The van der Waals surface area contributed by atoms with Crippen LogP contribution in [-0.4, -0.2) is 42.6 Å². The molecule has 2 heterocycles. The van der Waals surface area contributed by atoms with Crippen molar-refractivity contribution in [2.75, 3.05) is 19.7 Å². The van der Waals surface area contributed by atoms with Crippen molar-refractivity contribution in [1.29, 1.82) is 0 Å². The molecule has 0 bridgehead atoms. The maximum atomic E-state index is 12.8. The SMILES string of the molecule is CCOC(=O)C1=C(CN2CCCCC2CC)NC(=O)NC1c1ccccc1. The zero-order valence-corrected chi connectivity index (χ0v) is 16.2. The number of likely N-dealkylation sites (tertiary alicyclic amines) is 1. The molecule has 1 fully saturated rings. The van der Waals surface area contributed by atoms with Gasteiger partial charge in [0.25, 0.3) is 0 Å². The van der Waals surface area contributed by atoms with Crippen molar-refractivity contribution in [2.45, 2.75) is 51.6 Å². The molecule has 0 saturated carbocycles. The second-order valence-electron chi connectivity index (χ2n) is 7.08. The van der Waals surface area contributed by atoms with Gasteiger partial charge < -0.3 is 15.4 Å². The molecule has 2 atom stereocenters. The molecule has 2 aliphatic heterocycles. The van der Waals surface area contributed by atoms with Crippen LogP contribution in [0.1, 0.15) is 51.1 Å². The number of nitrogens with zero attached hydrogens (tertiary/aromatic N) is 1. The van der Waals surface area contributed by atoms with Gasteiger partial charge in [-0.25, -0.2) is 9.59 Å². The van der Waals surface area contributed by atoms with Crippen LogP contribution in [0.4, 0.5) is 4.79 Å². The van der Waals surface area contributed by atoms with Crippen LogP contribution in [-0.2, 0) is 9.53 Å². The Morgan fingerprint density at radius 3 is 2.70 bits per heavy atom. The third-order valence-corrected chi connectivity index (χ3v) is 5.36. The molecule has 3 rings (SSSR count). The Morgan fingerprint density at radius 1 is 1.22 bits per heavy atom. The minimum Gasteiger partial charge on any atom is -0.463 e. The van der Waals surface area contributed by atoms with Gasteiger partial charge in [0.2, 0.25) is 0 Å². The first-order chi connectivity index (χ1) is 13.1. The highest BCUT2D eigenvalue weighted by atomic mass is 16.5. The van der Waals surface area contributed by atoms with E-state index < -0.39 is 6.04 Å². The maximum absolute atomic E-state index is 12.8. The molecule has 1 aromatic carbocycles. The first-order valence-electron chi connectivity index (χ1n) is 9.90. The highest BCUT2D eigenvalue weighted by Crippen LogP contribution is 2.29. The Morgan fingerprint density at radius 2 is 2.00 bits per heavy atom. The van der Waals surface area contributed by atoms with Crippen molar-refractivity contribution >= 4 is 12.0 Å². The van der Waals surface area contributed by atoms with E-state index >= 15 is 0 Å². The average molecular weight is 371 g/mol. The summed E-state index contributed by atoms with van der Waals surface area (Å²) in [5.41, 5.74) is 2.04. The van der Waals surface area contributed by atoms with E-state index in [1.807, 2.05) is 30.3 Å². The third kappa shape index (κ3) is 4.50. The monoisotopic (exact) mass is 371 g/mol. The number of amides is 2. The molecule has 2 amide bonds. The van der Waals surface area contributed by atoms with Crippen molar-refractivity contribution in [2.24, 2.45) is 0 Å². The molecule has 1 saturated heterocycles. The number of carbonyl (C=O) groups excluding carboxylic acids is 2. The van der Waals surface area contributed by atoms with Crippen LogP contribution in [0.25, 0.3) is 0 Å². The largest absolute Gasteiger partial charge is 0.463 e. The lowest BCUT2D eigenvalue weighted by molar-refractivity contribution is -0.139. The molecule has 6 nitrogen and oxygen atoms in total. The number of esters is 1. The minimum absolute atomic E-state index is 0.281. The van der Waals surface area contributed by atoms with Crippen LogP contribution in [0.15, 0.2) is 41.6 Å². The summed E-state index contributed by atoms with van der Waals surface area (Å²) in [4.78, 5) is 27.5. The molecule has 6 heteroatoms. The Labute approximate surface area is 161 Å². The maximum Gasteiger partial charge on any atom is 0.338 e. The molecule has 0 spiro atoms. The number of urea groups is 1. The normalized spacial score (nSPS) is 23.6. The molecule has 0 radical (unpaired) electrons. The number of rotatable bonds is 6. The Kier molecular flexibility index (Phi) is 6.50. The number of benzene rings is 1. The Balaban J connectivity index is 1.97. The number of ether oxygens (including phenoxy) is 1. The lowest BCUT2D eigenvalue weighted by Crippen LogP contribution is -2.50. The second kappa shape index (κ2) is 9.04. The quantitative estimate of drug-likeness (QED) is 0.754. The number of piperidine rings is 1. The number of hydrogen-bond donors (Lipinski definition) is 2. The molecular weight excluding hydrogens is 342 g/mol. The summed E-state index contributed by atoms with van der Waals surface area (Å²) < 4.78 is 5.33. The summed E-state index contributed by atoms with van der Waals surface area (Å²) in [5, 5.41) is 5.77. The lowest BCUT2D eigenvalue weighted by atomic mass is 9.94. The van der Waals surface area contributed by atoms with Crippen molar-refractivity contribution < 1.29 is 14.3 Å². The fourth-order valence-electron chi connectivity index (χ4n) is 4.02. The average Bonchev–Trinajstić information content (AvgIpc) is 2.68. The summed E-state index contributed by atoms with van der Waals surface area (Å²) >= 11 is 0. The third-order valence-electron chi connectivity index (χ3n) is 5.36. The van der Waals surface area contributed by atoms with Gasteiger partial charge in [-0.2, -0.15) is 0 Å². The second-order valence-corrected chi connectivity index (χ2v) is 7.08. The zero-order chi connectivity index (χ0) is 19.2. The summed E-state index contributed by atoms with van der Waals surface area (Å²) in [6.45, 7) is 5.83. The molecule has 1 aromatic rings. The highest BCUT2D eigenvalue weighted by molar-refractivity contribution is 5.95. The molecular formula is C21H29N3O3. The summed E-state index contributed by atoms with van der Waals surface area (Å²) in [6.07, 6.45) is 4.61. The summed E-state index contributed by atoms with van der Waals surface area (Å²) in [5.74, 6) is -0.376. The molecule has 146 valence electrons. The van der Waals surface area contributed by atoms with Gasteiger partial charge in [0.05, 0.1) is 18.2 Å². The standard InChI is InChI=1S/C21H29N3O3/c1-3-16-12-8-9-13-24(16)14-17-18(20(25)27-4-2)19(23-21(26)22-17)15-10-6-5-7-11-15/h5-7,10-11,16,19H,3-4,8-9,12-14H2,1-2H3,(H2,22,23,26). The van der Waals surface area contributed by atoms with Gasteiger partial charge in [-0.1, -0.05) is 43.7 Å². The topological polar surface area (TPSA) is 70.7 Å². The smallest absolute Gasteiger partial charge is 0.338 e. The van der Waals surface area contributed by atoms with E-state index in [0.29, 0.717) is 30.5 Å². The van der Waals surface area contributed by atoms with Gasteiger partial charge in [0, 0.05) is 18.3 Å². The minimum atomic E-state index is -0.501. The predicted octanol–water partition coefficient (Wildman–Crippen LogP) is 3.12. The van der Waals surface area contributed by atoms with Gasteiger partial charge in [0.1, 0.15) is 0 Å². The van der Waals surface area contributed by atoms with Gasteiger partial charge in [0.15, 0.2) is 0 Å². The van der Waals surface area contributed by atoms with Gasteiger partial charge in [-0.05, 0) is 38.3 Å². The van der Waals surface area contributed by atoms with Crippen LogP contribution in [0.2, 0.25) is 0 Å². The first kappa shape index (κ1) is 19.4. The van der Waals surface area contributed by atoms with E-state index in [-0.39, 0.29) is 12.0 Å². The van der Waals surface area contributed by atoms with Crippen molar-refractivity contribution in [3.8, 4) is 0 Å². The number of carbonyl (C=O) groups is 2. The van der Waals surface area contributed by atoms with E-state index in [0.717, 1.165) is 31.4 Å². The molecule has 0 aromatic heterocycles. The predicted molar refractivity (Wildman–Crippen MR) is 104 cm³/mol. The van der Waals surface area contributed by atoms with E-state index in [1.54, 1.807) is 6.92 Å². The molecule has 2 unspecified atom stereocenters. The van der Waals surface area contributed by atoms with Gasteiger partial charge >= 0.3 is 12.0 Å². The lowest BCUT2D eigenvalue weighted by Gasteiger charge is -2.38. The van der Waals surface area contributed by atoms with Crippen LogP contribution < -0.4 is 10.6 Å². The van der Waals surface area contributed by atoms with Gasteiger partial charge in [-0.3, -0.25) is 4.90 Å². The molecule has 2 N–H and O–H groups in total. The highest BCUT2D eigenvalue weighted by Gasteiger charge is 2.35. The van der Waals surface area contributed by atoms with E-state index in [2.05, 4.69) is 22.5 Å². The van der Waals surface area contributed by atoms with Crippen LogP contribution >= 0.6 is 0 Å². The molecule has 0 aliphatic carbocycles. The van der Waals surface area contributed by atoms with Crippen LogP contribution in [0.3, 0.4) is 0 Å². The molecule has 27 heavy (non-hydrogen) atoms. The fraction of sp³-hybridized carbons (Fsp3) is 0.524. The van der Waals surface area contributed by atoms with Crippen molar-refractivity contribution in [3.05, 3.63) is 47.2 Å². The van der Waals surface area contributed by atoms with Crippen LogP contribution in [0, 0.1) is 0 Å². The zero-order valence-electron chi connectivity index (χ0n) is 16.2. The van der Waals surface area contributed by atoms with E-state index in [1.165, 1.54) is 6.42 Å². The number of hydrogen-bond acceptors (Lipinski definition) is 4. The van der Waals surface area contributed by atoms with Crippen molar-refractivity contribution in [3.63, 3.8) is 0 Å². The number of nitrogens with one attached hydrogen (secondary N) is 2. The Bertz CT molecular complexity index is 702. The van der Waals surface area contributed by atoms with E-state index in [9.17, 15) is 9.59 Å². The van der Waals surface area contributed by atoms with Crippen molar-refractivity contribution in [1.82, 2.24) is 15.5 Å². The van der Waals surface area contributed by atoms with E-state index in [4.69, 9.17) is 4.74 Å². The summed E-state index contributed by atoms with van der Waals surface area (Å²) in [7, 11) is 0. The first-order valence-corrected chi connectivity index (χ1v) is 9.90.